The first-order valence-electron chi connectivity index (χ1n) is 7.93. The van der Waals surface area contributed by atoms with E-state index in [1.807, 2.05) is 27.7 Å². The van der Waals surface area contributed by atoms with E-state index in [1.54, 1.807) is 18.3 Å². The minimum atomic E-state index is -1.04. The molecule has 0 aliphatic carbocycles. The number of pyridine rings is 1. The molecule has 1 aromatic rings. The van der Waals surface area contributed by atoms with Crippen molar-refractivity contribution in [1.82, 2.24) is 15.2 Å². The first kappa shape index (κ1) is 16.7. The summed E-state index contributed by atoms with van der Waals surface area (Å²) in [5, 5.41) is 2.89. The maximum Gasteiger partial charge on any atom is 0.325 e. The van der Waals surface area contributed by atoms with E-state index in [0.29, 0.717) is 12.3 Å². The zero-order valence-corrected chi connectivity index (χ0v) is 14.7. The molecule has 2 fully saturated rings. The third kappa shape index (κ3) is 2.43. The fraction of sp³-hybridized carbons (Fsp3) is 0.588. The molecule has 3 heterocycles. The molecule has 7 nitrogen and oxygen atoms in total. The third-order valence-electron chi connectivity index (χ3n) is 4.77. The number of nitrogens with zero attached hydrogens (tertiary/aromatic N) is 2. The Morgan fingerprint density at radius 3 is 2.62 bits per heavy atom. The van der Waals surface area contributed by atoms with Crippen LogP contribution in [0.25, 0.3) is 0 Å². The van der Waals surface area contributed by atoms with Crippen LogP contribution < -0.4 is 10.1 Å². The highest BCUT2D eigenvalue weighted by atomic mass is 16.5. The summed E-state index contributed by atoms with van der Waals surface area (Å²) in [5.74, 6) is 0.193. The molecule has 0 saturated carbocycles. The number of carbonyl (C=O) groups is 2. The Bertz CT molecular complexity index is 701. The lowest BCUT2D eigenvalue weighted by Crippen LogP contribution is -2.59. The van der Waals surface area contributed by atoms with E-state index >= 15 is 0 Å². The third-order valence-corrected chi connectivity index (χ3v) is 4.77. The second-order valence-electron chi connectivity index (χ2n) is 7.48. The van der Waals surface area contributed by atoms with Gasteiger partial charge < -0.3 is 14.8 Å². The average Bonchev–Trinajstić information content (AvgIpc) is 2.82. The van der Waals surface area contributed by atoms with Gasteiger partial charge in [0.2, 0.25) is 5.88 Å². The molecule has 1 aromatic heterocycles. The van der Waals surface area contributed by atoms with Gasteiger partial charge in [0.15, 0.2) is 5.54 Å². The highest BCUT2D eigenvalue weighted by molar-refractivity contribution is 6.08. The minimum Gasteiger partial charge on any atom is -0.481 e. The van der Waals surface area contributed by atoms with Gasteiger partial charge in [0, 0.05) is 18.7 Å². The largest absolute Gasteiger partial charge is 0.481 e. The highest BCUT2D eigenvalue weighted by Crippen LogP contribution is 2.48. The molecule has 1 N–H and O–H groups in total. The number of carbonyl (C=O) groups excluding carboxylic acids is 2. The molecular weight excluding hydrogens is 310 g/mol. The molecule has 2 saturated heterocycles. The smallest absolute Gasteiger partial charge is 0.325 e. The van der Waals surface area contributed by atoms with Crippen LogP contribution in [0.1, 0.15) is 39.7 Å². The fourth-order valence-electron chi connectivity index (χ4n) is 3.81. The average molecular weight is 333 g/mol. The lowest BCUT2D eigenvalue weighted by atomic mass is 9.79. The molecule has 130 valence electrons. The van der Waals surface area contributed by atoms with E-state index in [-0.39, 0.29) is 12.5 Å². The van der Waals surface area contributed by atoms with Gasteiger partial charge in [-0.05, 0) is 39.3 Å². The summed E-state index contributed by atoms with van der Waals surface area (Å²) in [4.78, 5) is 30.9. The van der Waals surface area contributed by atoms with Crippen molar-refractivity contribution in [2.45, 2.75) is 57.4 Å². The summed E-state index contributed by atoms with van der Waals surface area (Å²) < 4.78 is 11.1. The predicted octanol–water partition coefficient (Wildman–Crippen LogP) is 1.86. The normalized spacial score (nSPS) is 27.6. The topological polar surface area (TPSA) is 80.8 Å². The van der Waals surface area contributed by atoms with E-state index in [0.717, 1.165) is 5.56 Å². The van der Waals surface area contributed by atoms with E-state index in [4.69, 9.17) is 9.47 Å². The molecule has 24 heavy (non-hydrogen) atoms. The van der Waals surface area contributed by atoms with Crippen LogP contribution in [0, 0.1) is 0 Å². The summed E-state index contributed by atoms with van der Waals surface area (Å²) in [6.07, 6.45) is 2.03. The fourth-order valence-corrected chi connectivity index (χ4v) is 3.81. The number of hydrogen-bond donors (Lipinski definition) is 1. The lowest BCUT2D eigenvalue weighted by molar-refractivity contribution is -0.138. The molecule has 0 bridgehead atoms. The molecule has 0 aromatic carbocycles. The van der Waals surface area contributed by atoms with Crippen molar-refractivity contribution in [1.29, 1.82) is 0 Å². The van der Waals surface area contributed by atoms with E-state index in [1.165, 1.54) is 12.0 Å². The van der Waals surface area contributed by atoms with Crippen molar-refractivity contribution in [2.24, 2.45) is 0 Å². The number of urea groups is 1. The van der Waals surface area contributed by atoms with Gasteiger partial charge >= 0.3 is 6.03 Å². The Kier molecular flexibility index (Phi) is 3.60. The van der Waals surface area contributed by atoms with Crippen LogP contribution in [-0.4, -0.2) is 45.7 Å². The maximum absolute atomic E-state index is 13.1. The van der Waals surface area contributed by atoms with Crippen LogP contribution in [0.3, 0.4) is 0 Å². The van der Waals surface area contributed by atoms with E-state index in [9.17, 15) is 9.59 Å². The molecular formula is C17H23N3O4. The SMILES string of the molecule is COc1cc(CN2C(=O)N[C@]3(CC(C)(C)OC3(C)C)C2=O)ccn1. The maximum atomic E-state index is 13.1. The zero-order chi connectivity index (χ0) is 17.8. The van der Waals surface area contributed by atoms with Crippen LogP contribution >= 0.6 is 0 Å². The quantitative estimate of drug-likeness (QED) is 0.854. The molecule has 3 amide bonds. The lowest BCUT2D eigenvalue weighted by Gasteiger charge is -2.33. The van der Waals surface area contributed by atoms with E-state index in [2.05, 4.69) is 10.3 Å². The number of ether oxygens (including phenoxy) is 2. The molecule has 2 aliphatic heterocycles. The first-order chi connectivity index (χ1) is 11.1. The molecule has 1 spiro atoms. The highest BCUT2D eigenvalue weighted by Gasteiger charge is 2.67. The van der Waals surface area contributed by atoms with Gasteiger partial charge in [-0.25, -0.2) is 9.78 Å². The van der Waals surface area contributed by atoms with Crippen molar-refractivity contribution < 1.29 is 19.1 Å². The van der Waals surface area contributed by atoms with Gasteiger partial charge in [-0.3, -0.25) is 9.69 Å². The summed E-state index contributed by atoms with van der Waals surface area (Å²) in [7, 11) is 1.52. The van der Waals surface area contributed by atoms with Gasteiger partial charge in [0.05, 0.1) is 24.9 Å². The van der Waals surface area contributed by atoms with Crippen molar-refractivity contribution in [3.63, 3.8) is 0 Å². The molecule has 3 rings (SSSR count). The molecule has 1 atom stereocenters. The van der Waals surface area contributed by atoms with E-state index < -0.39 is 22.8 Å². The van der Waals surface area contributed by atoms with Crippen LogP contribution in [0.5, 0.6) is 5.88 Å². The van der Waals surface area contributed by atoms with Crippen molar-refractivity contribution in [3.05, 3.63) is 23.9 Å². The van der Waals surface area contributed by atoms with Crippen LogP contribution in [-0.2, 0) is 16.1 Å². The Morgan fingerprint density at radius 2 is 2.04 bits per heavy atom. The summed E-state index contributed by atoms with van der Waals surface area (Å²) >= 11 is 0. The predicted molar refractivity (Wildman–Crippen MR) is 86.5 cm³/mol. The number of hydrogen-bond acceptors (Lipinski definition) is 5. The Labute approximate surface area is 141 Å². The number of nitrogens with one attached hydrogen (secondary N) is 1. The Morgan fingerprint density at radius 1 is 1.33 bits per heavy atom. The van der Waals surface area contributed by atoms with Crippen molar-refractivity contribution in [3.8, 4) is 5.88 Å². The Balaban J connectivity index is 1.90. The number of aromatic nitrogens is 1. The number of imide groups is 1. The molecule has 0 unspecified atom stereocenters. The van der Waals surface area contributed by atoms with Crippen molar-refractivity contribution in [2.75, 3.05) is 7.11 Å². The second kappa shape index (κ2) is 5.17. The first-order valence-corrected chi connectivity index (χ1v) is 7.93. The number of amides is 3. The summed E-state index contributed by atoms with van der Waals surface area (Å²) in [6.45, 7) is 7.72. The van der Waals surface area contributed by atoms with Gasteiger partial charge in [-0.15, -0.1) is 0 Å². The standard InChI is InChI=1S/C17H23N3O4/c1-15(2)10-17(16(3,4)24-15)13(21)20(14(22)19-17)9-11-6-7-18-12(8-11)23-5/h6-8H,9-10H2,1-5H3,(H,19,22)/t17-/m1/s1. The van der Waals surface area contributed by atoms with Gasteiger partial charge in [0.25, 0.3) is 5.91 Å². The van der Waals surface area contributed by atoms with Gasteiger partial charge in [-0.2, -0.15) is 0 Å². The van der Waals surface area contributed by atoms with Crippen LogP contribution in [0.15, 0.2) is 18.3 Å². The van der Waals surface area contributed by atoms with Gasteiger partial charge in [0.1, 0.15) is 0 Å². The minimum absolute atomic E-state index is 0.168. The summed E-state index contributed by atoms with van der Waals surface area (Å²) in [5.41, 5.74) is -1.53. The molecule has 2 aliphatic rings. The Hall–Kier alpha value is -2.15. The second-order valence-corrected chi connectivity index (χ2v) is 7.48. The van der Waals surface area contributed by atoms with Crippen molar-refractivity contribution >= 4 is 11.9 Å². The number of methoxy groups -OCH3 is 1. The summed E-state index contributed by atoms with van der Waals surface area (Å²) in [6, 6.07) is 3.07. The molecule has 7 heteroatoms. The van der Waals surface area contributed by atoms with Crippen LogP contribution in [0.2, 0.25) is 0 Å². The molecule has 0 radical (unpaired) electrons. The van der Waals surface area contributed by atoms with Gasteiger partial charge in [-0.1, -0.05) is 0 Å². The monoisotopic (exact) mass is 333 g/mol. The van der Waals surface area contributed by atoms with Crippen LogP contribution in [0.4, 0.5) is 4.79 Å². The zero-order valence-electron chi connectivity index (χ0n) is 14.7. The number of rotatable bonds is 3.